The molecule has 32 heavy (non-hydrogen) atoms. The van der Waals surface area contributed by atoms with E-state index in [2.05, 4.69) is 15.3 Å². The Hall–Kier alpha value is -3.21. The van der Waals surface area contributed by atoms with Crippen molar-refractivity contribution in [2.75, 3.05) is 13.2 Å². The zero-order valence-electron chi connectivity index (χ0n) is 17.7. The highest BCUT2D eigenvalue weighted by Gasteiger charge is 2.35. The van der Waals surface area contributed by atoms with Crippen LogP contribution in [0.5, 0.6) is 5.88 Å². The summed E-state index contributed by atoms with van der Waals surface area (Å²) in [4.78, 5) is 35.1. The van der Waals surface area contributed by atoms with Crippen molar-refractivity contribution in [2.45, 2.75) is 45.6 Å². The molecule has 1 aliphatic heterocycles. The zero-order valence-corrected chi connectivity index (χ0v) is 17.7. The average molecular weight is 452 g/mol. The average Bonchev–Trinajstić information content (AvgIpc) is 3.08. The molecule has 0 fully saturated rings. The van der Waals surface area contributed by atoms with Crippen molar-refractivity contribution in [1.29, 1.82) is 0 Å². The molecule has 0 aromatic carbocycles. The Kier molecular flexibility index (Phi) is 6.68. The summed E-state index contributed by atoms with van der Waals surface area (Å²) in [7, 11) is 0. The molecule has 11 heteroatoms. The van der Waals surface area contributed by atoms with Crippen molar-refractivity contribution in [3.8, 4) is 5.88 Å². The summed E-state index contributed by atoms with van der Waals surface area (Å²) in [6.07, 6.45) is -1.73. The van der Waals surface area contributed by atoms with Crippen molar-refractivity contribution in [1.82, 2.24) is 20.2 Å². The highest BCUT2D eigenvalue weighted by atomic mass is 19.4. The van der Waals surface area contributed by atoms with Gasteiger partial charge in [0.25, 0.3) is 11.8 Å². The Bertz CT molecular complexity index is 1030. The van der Waals surface area contributed by atoms with Crippen LogP contribution < -0.4 is 10.1 Å². The first-order valence-electron chi connectivity index (χ1n) is 9.88. The molecular formula is C21H23F3N4O4. The number of aromatic nitrogens is 2. The zero-order chi connectivity index (χ0) is 23.6. The van der Waals surface area contributed by atoms with E-state index in [1.165, 1.54) is 23.4 Å². The fourth-order valence-corrected chi connectivity index (χ4v) is 3.39. The van der Waals surface area contributed by atoms with Crippen LogP contribution in [0, 0.1) is 6.92 Å². The van der Waals surface area contributed by atoms with E-state index >= 15 is 0 Å². The molecule has 3 heterocycles. The van der Waals surface area contributed by atoms with E-state index in [4.69, 9.17) is 9.84 Å². The molecule has 2 aromatic rings. The maximum absolute atomic E-state index is 13.0. The quantitative estimate of drug-likeness (QED) is 0.669. The molecule has 0 radical (unpaired) electrons. The van der Waals surface area contributed by atoms with Crippen molar-refractivity contribution >= 4 is 11.8 Å². The second kappa shape index (κ2) is 9.11. The number of halogens is 3. The van der Waals surface area contributed by atoms with Crippen LogP contribution in [0.4, 0.5) is 13.2 Å². The van der Waals surface area contributed by atoms with Gasteiger partial charge < -0.3 is 20.1 Å². The monoisotopic (exact) mass is 452 g/mol. The summed E-state index contributed by atoms with van der Waals surface area (Å²) in [6, 6.07) is 2.22. The van der Waals surface area contributed by atoms with Crippen molar-refractivity contribution < 1.29 is 32.6 Å². The smallest absolute Gasteiger partial charge is 0.422 e. The van der Waals surface area contributed by atoms with Crippen molar-refractivity contribution in [3.05, 3.63) is 52.5 Å². The first kappa shape index (κ1) is 23.5. The minimum atomic E-state index is -4.47. The maximum atomic E-state index is 13.0. The summed E-state index contributed by atoms with van der Waals surface area (Å²) in [5.74, 6) is -0.918. The molecule has 2 atom stereocenters. The number of aryl methyl sites for hydroxylation is 1. The molecule has 0 spiro atoms. The number of aliphatic hydroxyl groups is 1. The van der Waals surface area contributed by atoms with E-state index < -0.39 is 30.8 Å². The second-order valence-corrected chi connectivity index (χ2v) is 7.65. The third-order valence-electron chi connectivity index (χ3n) is 5.12. The van der Waals surface area contributed by atoms with E-state index in [9.17, 15) is 22.8 Å². The second-order valence-electron chi connectivity index (χ2n) is 7.65. The van der Waals surface area contributed by atoms with E-state index in [1.807, 2.05) is 0 Å². The summed E-state index contributed by atoms with van der Waals surface area (Å²) < 4.78 is 41.9. The van der Waals surface area contributed by atoms with Gasteiger partial charge in [0, 0.05) is 41.7 Å². The molecule has 0 saturated carbocycles. The summed E-state index contributed by atoms with van der Waals surface area (Å²) in [5.41, 5.74) is 1.94. The number of ether oxygens (including phenoxy) is 1. The fourth-order valence-electron chi connectivity index (χ4n) is 3.39. The number of alkyl halides is 3. The molecule has 2 aromatic heterocycles. The van der Waals surface area contributed by atoms with E-state index in [1.54, 1.807) is 26.8 Å². The molecule has 0 saturated heterocycles. The van der Waals surface area contributed by atoms with Gasteiger partial charge in [0.2, 0.25) is 5.88 Å². The Labute approximate surface area is 182 Å². The van der Waals surface area contributed by atoms with Gasteiger partial charge in [-0.2, -0.15) is 13.2 Å². The van der Waals surface area contributed by atoms with Crippen LogP contribution in [-0.2, 0) is 6.54 Å². The van der Waals surface area contributed by atoms with Gasteiger partial charge in [0.15, 0.2) is 6.61 Å². The molecular weight excluding hydrogens is 429 g/mol. The van der Waals surface area contributed by atoms with Crippen molar-refractivity contribution in [3.63, 3.8) is 0 Å². The Morgan fingerprint density at radius 1 is 1.34 bits per heavy atom. The number of nitrogens with one attached hydrogen (secondary N) is 1. The number of nitrogens with zero attached hydrogens (tertiary/aromatic N) is 3. The van der Waals surface area contributed by atoms with Crippen LogP contribution >= 0.6 is 0 Å². The Balaban J connectivity index is 1.80. The number of hydrogen-bond donors (Lipinski definition) is 2. The number of amides is 2. The van der Waals surface area contributed by atoms with Gasteiger partial charge in [-0.3, -0.25) is 14.6 Å². The van der Waals surface area contributed by atoms with Gasteiger partial charge in [0.1, 0.15) is 5.69 Å². The normalized spacial score (nSPS) is 15.3. The molecule has 1 unspecified atom stereocenters. The van der Waals surface area contributed by atoms with E-state index in [0.29, 0.717) is 22.3 Å². The van der Waals surface area contributed by atoms with Gasteiger partial charge in [-0.1, -0.05) is 0 Å². The minimum absolute atomic E-state index is 0.107. The number of carbonyl (C=O) groups excluding carboxylic acids is 2. The number of carbonyl (C=O) groups is 2. The number of hydrogen-bond acceptors (Lipinski definition) is 6. The first-order valence-corrected chi connectivity index (χ1v) is 9.88. The lowest BCUT2D eigenvalue weighted by molar-refractivity contribution is -0.154. The molecule has 2 N–H and O–H groups in total. The fraction of sp³-hybridized carbons (Fsp3) is 0.429. The Morgan fingerprint density at radius 3 is 2.69 bits per heavy atom. The van der Waals surface area contributed by atoms with Gasteiger partial charge in [0.05, 0.1) is 12.6 Å². The lowest BCUT2D eigenvalue weighted by Crippen LogP contribution is -2.36. The largest absolute Gasteiger partial charge is 0.468 e. The third-order valence-corrected chi connectivity index (χ3v) is 5.12. The van der Waals surface area contributed by atoms with Crippen LogP contribution in [0.2, 0.25) is 0 Å². The Morgan fingerprint density at radius 2 is 2.06 bits per heavy atom. The molecule has 0 aliphatic carbocycles. The van der Waals surface area contributed by atoms with Crippen LogP contribution in [0.25, 0.3) is 0 Å². The van der Waals surface area contributed by atoms with Crippen LogP contribution in [0.15, 0.2) is 24.5 Å². The van der Waals surface area contributed by atoms with Crippen LogP contribution in [-0.4, -0.2) is 57.2 Å². The molecule has 1 aliphatic rings. The topological polar surface area (TPSA) is 105 Å². The van der Waals surface area contributed by atoms with Crippen LogP contribution in [0.1, 0.15) is 57.4 Å². The van der Waals surface area contributed by atoms with Crippen molar-refractivity contribution in [2.24, 2.45) is 0 Å². The van der Waals surface area contributed by atoms with E-state index in [0.717, 1.165) is 0 Å². The highest BCUT2D eigenvalue weighted by molar-refractivity contribution is 6.03. The predicted octanol–water partition coefficient (Wildman–Crippen LogP) is 2.55. The van der Waals surface area contributed by atoms with Gasteiger partial charge in [-0.25, -0.2) is 4.98 Å². The SMILES string of the molecule is Cc1cc(C(C)N2Cc3c(ccnc3C(=O)N[C@@H](C)CO)C2=O)cnc1OCC(F)(F)F. The molecule has 0 bridgehead atoms. The predicted molar refractivity (Wildman–Crippen MR) is 107 cm³/mol. The summed E-state index contributed by atoms with van der Waals surface area (Å²) >= 11 is 0. The number of pyridine rings is 2. The summed E-state index contributed by atoms with van der Waals surface area (Å²) in [5, 5.41) is 11.8. The third kappa shape index (κ3) is 4.98. The number of aliphatic hydroxyl groups excluding tert-OH is 1. The first-order chi connectivity index (χ1) is 15.0. The van der Waals surface area contributed by atoms with Gasteiger partial charge in [-0.15, -0.1) is 0 Å². The minimum Gasteiger partial charge on any atom is -0.468 e. The standard InChI is InChI=1S/C21H23F3N4O4/c1-11-6-14(7-26-19(11)32-10-21(22,23)24)13(3)28-8-16-15(20(28)31)4-5-25-17(16)18(30)27-12(2)9-29/h4-7,12-13,29H,8-10H2,1-3H3,(H,27,30)/t12-,13?/m0/s1. The van der Waals surface area contributed by atoms with Gasteiger partial charge >= 0.3 is 6.18 Å². The number of fused-ring (bicyclic) bond motifs is 1. The molecule has 3 rings (SSSR count). The number of rotatable bonds is 7. The molecule has 8 nitrogen and oxygen atoms in total. The molecule has 2 amide bonds. The van der Waals surface area contributed by atoms with Crippen LogP contribution in [0.3, 0.4) is 0 Å². The highest BCUT2D eigenvalue weighted by Crippen LogP contribution is 2.33. The van der Waals surface area contributed by atoms with Gasteiger partial charge in [-0.05, 0) is 38.5 Å². The maximum Gasteiger partial charge on any atom is 0.422 e. The molecule has 172 valence electrons. The lowest BCUT2D eigenvalue weighted by atomic mass is 10.1. The lowest BCUT2D eigenvalue weighted by Gasteiger charge is -2.25. The van der Waals surface area contributed by atoms with E-state index in [-0.39, 0.29) is 30.6 Å². The summed E-state index contributed by atoms with van der Waals surface area (Å²) in [6.45, 7) is 3.42.